The van der Waals surface area contributed by atoms with Gasteiger partial charge in [0.25, 0.3) is 5.89 Å². The second-order valence-electron chi connectivity index (χ2n) is 4.11. The molecule has 2 aromatic heterocycles. The Morgan fingerprint density at radius 3 is 2.76 bits per heavy atom. The maximum Gasteiger partial charge on any atom is 0.296 e. The number of aryl methyl sites for hydroxylation is 1. The highest BCUT2D eigenvalue weighted by Gasteiger charge is 2.28. The van der Waals surface area contributed by atoms with Crippen LogP contribution in [0.4, 0.5) is 0 Å². The molecule has 7 heteroatoms. The molecule has 2 heterocycles. The minimum atomic E-state index is -0.800. The van der Waals surface area contributed by atoms with Crippen molar-refractivity contribution in [1.29, 1.82) is 0 Å². The zero-order valence-corrected chi connectivity index (χ0v) is 9.93. The molecule has 1 unspecified atom stereocenters. The largest absolute Gasteiger partial charge is 0.382 e. The minimum absolute atomic E-state index is 0.258. The fourth-order valence-electron chi connectivity index (χ4n) is 1.38. The van der Waals surface area contributed by atoms with Crippen molar-refractivity contribution in [3.63, 3.8) is 0 Å². The number of ether oxygens (including phenoxy) is 1. The second-order valence-corrected chi connectivity index (χ2v) is 4.11. The lowest BCUT2D eigenvalue weighted by atomic mass is 10.1. The molecule has 0 saturated heterocycles. The summed E-state index contributed by atoms with van der Waals surface area (Å²) < 4.78 is 15.1. The first kappa shape index (κ1) is 11.7. The minimum Gasteiger partial charge on any atom is -0.382 e. The molecule has 17 heavy (non-hydrogen) atoms. The molecule has 0 spiro atoms. The average molecular weight is 238 g/mol. The van der Waals surface area contributed by atoms with Crippen LogP contribution in [0, 0.1) is 6.92 Å². The predicted molar refractivity (Wildman–Crippen MR) is 57.9 cm³/mol. The maximum atomic E-state index is 5.99. The van der Waals surface area contributed by atoms with Gasteiger partial charge < -0.3 is 19.5 Å². The van der Waals surface area contributed by atoms with Gasteiger partial charge in [0.05, 0.1) is 12.3 Å². The lowest BCUT2D eigenvalue weighted by Crippen LogP contribution is -2.38. The highest BCUT2D eigenvalue weighted by atomic mass is 16.5. The predicted octanol–water partition coefficient (Wildman–Crippen LogP) is 0.853. The van der Waals surface area contributed by atoms with Gasteiger partial charge in [0.2, 0.25) is 5.76 Å². The summed E-state index contributed by atoms with van der Waals surface area (Å²) in [5.41, 5.74) is 5.93. The standard InChI is InChI=1S/C10H14N4O3/c1-6-4-7(16-13-6)8-12-9(14-17-8)10(2,11)5-15-3/h4H,5,11H2,1-3H3. The van der Waals surface area contributed by atoms with Gasteiger partial charge in [-0.15, -0.1) is 0 Å². The zero-order valence-electron chi connectivity index (χ0n) is 9.93. The van der Waals surface area contributed by atoms with E-state index < -0.39 is 5.54 Å². The topological polar surface area (TPSA) is 100 Å². The molecule has 0 aromatic carbocycles. The first-order valence-corrected chi connectivity index (χ1v) is 5.08. The van der Waals surface area contributed by atoms with Gasteiger partial charge in [-0.3, -0.25) is 0 Å². The number of aromatic nitrogens is 3. The van der Waals surface area contributed by atoms with Crippen LogP contribution in [-0.4, -0.2) is 29.0 Å². The van der Waals surface area contributed by atoms with Crippen LogP contribution >= 0.6 is 0 Å². The van der Waals surface area contributed by atoms with E-state index in [0.29, 0.717) is 18.2 Å². The summed E-state index contributed by atoms with van der Waals surface area (Å²) in [4.78, 5) is 4.17. The Balaban J connectivity index is 2.27. The number of methoxy groups -OCH3 is 1. The van der Waals surface area contributed by atoms with Gasteiger partial charge in [-0.25, -0.2) is 0 Å². The number of nitrogens with two attached hydrogens (primary N) is 1. The molecular weight excluding hydrogens is 224 g/mol. The first-order valence-electron chi connectivity index (χ1n) is 5.08. The Kier molecular flexibility index (Phi) is 2.95. The Morgan fingerprint density at radius 2 is 2.18 bits per heavy atom. The van der Waals surface area contributed by atoms with Crippen LogP contribution in [0.15, 0.2) is 15.1 Å². The SMILES string of the molecule is COCC(C)(N)c1noc(-c2cc(C)no2)n1. The molecule has 0 fully saturated rings. The van der Waals surface area contributed by atoms with Gasteiger partial charge in [0.15, 0.2) is 5.82 Å². The van der Waals surface area contributed by atoms with E-state index in [1.807, 2.05) is 6.92 Å². The van der Waals surface area contributed by atoms with Crippen molar-refractivity contribution < 1.29 is 13.8 Å². The fraction of sp³-hybridized carbons (Fsp3) is 0.500. The summed E-state index contributed by atoms with van der Waals surface area (Å²) in [5.74, 6) is 1.05. The highest BCUT2D eigenvalue weighted by molar-refractivity contribution is 5.43. The van der Waals surface area contributed by atoms with E-state index in [2.05, 4.69) is 15.3 Å². The van der Waals surface area contributed by atoms with Crippen molar-refractivity contribution in [2.75, 3.05) is 13.7 Å². The van der Waals surface area contributed by atoms with E-state index in [-0.39, 0.29) is 5.89 Å². The molecule has 2 N–H and O–H groups in total. The van der Waals surface area contributed by atoms with Crippen molar-refractivity contribution in [3.05, 3.63) is 17.6 Å². The normalized spacial score (nSPS) is 14.8. The van der Waals surface area contributed by atoms with E-state index in [4.69, 9.17) is 19.5 Å². The van der Waals surface area contributed by atoms with Crippen molar-refractivity contribution in [3.8, 4) is 11.7 Å². The van der Waals surface area contributed by atoms with Crippen molar-refractivity contribution in [2.45, 2.75) is 19.4 Å². The molecule has 92 valence electrons. The van der Waals surface area contributed by atoms with E-state index >= 15 is 0 Å². The van der Waals surface area contributed by atoms with Gasteiger partial charge in [-0.1, -0.05) is 10.3 Å². The van der Waals surface area contributed by atoms with Crippen LogP contribution in [0.3, 0.4) is 0 Å². The summed E-state index contributed by atoms with van der Waals surface area (Å²) in [6.45, 7) is 3.86. The third kappa shape index (κ3) is 2.34. The fourth-order valence-corrected chi connectivity index (χ4v) is 1.38. The molecule has 0 aliphatic carbocycles. The molecule has 0 radical (unpaired) electrons. The Morgan fingerprint density at radius 1 is 1.41 bits per heavy atom. The molecular formula is C10H14N4O3. The average Bonchev–Trinajstić information content (AvgIpc) is 2.85. The molecule has 0 bridgehead atoms. The van der Waals surface area contributed by atoms with Crippen LogP contribution in [0.2, 0.25) is 0 Å². The van der Waals surface area contributed by atoms with Crippen LogP contribution in [0.25, 0.3) is 11.7 Å². The van der Waals surface area contributed by atoms with Crippen LogP contribution < -0.4 is 5.73 Å². The summed E-state index contributed by atoms with van der Waals surface area (Å²) in [6, 6.07) is 1.71. The molecule has 2 rings (SSSR count). The quantitative estimate of drug-likeness (QED) is 0.842. The number of hydrogen-bond acceptors (Lipinski definition) is 7. The Labute approximate surface area is 97.9 Å². The third-order valence-corrected chi connectivity index (χ3v) is 2.22. The van der Waals surface area contributed by atoms with Gasteiger partial charge in [-0.05, 0) is 13.8 Å². The molecule has 0 amide bonds. The molecule has 1 atom stereocenters. The molecule has 7 nitrogen and oxygen atoms in total. The second kappa shape index (κ2) is 4.27. The van der Waals surface area contributed by atoms with Crippen LogP contribution in [0.5, 0.6) is 0 Å². The van der Waals surface area contributed by atoms with Gasteiger partial charge in [0, 0.05) is 13.2 Å². The van der Waals surface area contributed by atoms with Gasteiger partial charge >= 0.3 is 0 Å². The maximum absolute atomic E-state index is 5.99. The highest BCUT2D eigenvalue weighted by Crippen LogP contribution is 2.21. The van der Waals surface area contributed by atoms with Crippen molar-refractivity contribution in [1.82, 2.24) is 15.3 Å². The van der Waals surface area contributed by atoms with E-state index in [0.717, 1.165) is 5.69 Å². The third-order valence-electron chi connectivity index (χ3n) is 2.22. The molecule has 2 aromatic rings. The number of hydrogen-bond donors (Lipinski definition) is 1. The first-order chi connectivity index (χ1) is 8.03. The Hall–Kier alpha value is -1.73. The number of nitrogens with zero attached hydrogens (tertiary/aromatic N) is 3. The van der Waals surface area contributed by atoms with Crippen molar-refractivity contribution in [2.24, 2.45) is 5.73 Å². The zero-order chi connectivity index (χ0) is 12.5. The van der Waals surface area contributed by atoms with Gasteiger partial charge in [0.1, 0.15) is 5.54 Å². The summed E-state index contributed by atoms with van der Waals surface area (Å²) in [6.07, 6.45) is 0. The van der Waals surface area contributed by atoms with Crippen LogP contribution in [0.1, 0.15) is 18.4 Å². The molecule has 0 aliphatic rings. The smallest absolute Gasteiger partial charge is 0.296 e. The van der Waals surface area contributed by atoms with E-state index in [9.17, 15) is 0 Å². The molecule has 0 saturated carbocycles. The Bertz CT molecular complexity index is 503. The summed E-state index contributed by atoms with van der Waals surface area (Å²) in [5, 5.41) is 7.56. The lowest BCUT2D eigenvalue weighted by Gasteiger charge is -2.18. The van der Waals surface area contributed by atoms with E-state index in [1.165, 1.54) is 0 Å². The van der Waals surface area contributed by atoms with E-state index in [1.54, 1.807) is 20.1 Å². The summed E-state index contributed by atoms with van der Waals surface area (Å²) >= 11 is 0. The van der Waals surface area contributed by atoms with Crippen LogP contribution in [-0.2, 0) is 10.3 Å². The summed E-state index contributed by atoms with van der Waals surface area (Å²) in [7, 11) is 1.56. The van der Waals surface area contributed by atoms with Gasteiger partial charge in [-0.2, -0.15) is 4.98 Å². The number of rotatable bonds is 4. The monoisotopic (exact) mass is 238 g/mol. The molecule has 0 aliphatic heterocycles. The van der Waals surface area contributed by atoms with Crippen molar-refractivity contribution >= 4 is 0 Å². The lowest BCUT2D eigenvalue weighted by molar-refractivity contribution is 0.135.